The van der Waals surface area contributed by atoms with Gasteiger partial charge in [0.25, 0.3) is 0 Å². The van der Waals surface area contributed by atoms with E-state index in [9.17, 15) is 4.79 Å². The molecule has 0 saturated heterocycles. The maximum absolute atomic E-state index is 11.6. The molecule has 1 aromatic rings. The molecule has 3 nitrogen and oxygen atoms in total. The number of ether oxygens (including phenoxy) is 1. The number of benzene rings is 1. The van der Waals surface area contributed by atoms with Crippen LogP contribution in [0, 0.1) is 0 Å². The summed E-state index contributed by atoms with van der Waals surface area (Å²) in [7, 11) is 1.74. The van der Waals surface area contributed by atoms with Crippen molar-refractivity contribution in [2.75, 3.05) is 26.1 Å². The Kier molecular flexibility index (Phi) is 7.36. The first-order valence-corrected chi connectivity index (χ1v) is 7.21. The highest BCUT2D eigenvalue weighted by Crippen LogP contribution is 2.27. The third kappa shape index (κ3) is 5.89. The van der Waals surface area contributed by atoms with Crippen molar-refractivity contribution < 1.29 is 9.53 Å². The van der Waals surface area contributed by atoms with Gasteiger partial charge in [0.2, 0.25) is 5.91 Å². The lowest BCUT2D eigenvalue weighted by atomic mass is 10.3. The van der Waals surface area contributed by atoms with Crippen LogP contribution in [0.3, 0.4) is 0 Å². The third-order valence-corrected chi connectivity index (χ3v) is 3.33. The number of halogens is 3. The summed E-state index contributed by atoms with van der Waals surface area (Å²) >= 11 is 17.3. The quantitative estimate of drug-likeness (QED) is 0.713. The van der Waals surface area contributed by atoms with E-state index in [0.29, 0.717) is 47.7 Å². The van der Waals surface area contributed by atoms with Gasteiger partial charge in [0.05, 0.1) is 11.6 Å². The Morgan fingerprint density at radius 2 is 2.11 bits per heavy atom. The van der Waals surface area contributed by atoms with Gasteiger partial charge in [-0.2, -0.15) is 0 Å². The Morgan fingerprint density at radius 3 is 2.74 bits per heavy atom. The van der Waals surface area contributed by atoms with Gasteiger partial charge in [0.1, 0.15) is 12.4 Å². The van der Waals surface area contributed by atoms with Gasteiger partial charge in [0, 0.05) is 24.4 Å². The monoisotopic (exact) mass is 323 g/mol. The number of alkyl halides is 1. The van der Waals surface area contributed by atoms with Crippen molar-refractivity contribution >= 4 is 40.7 Å². The van der Waals surface area contributed by atoms with Crippen molar-refractivity contribution in [3.05, 3.63) is 28.2 Å². The average Bonchev–Trinajstić information content (AvgIpc) is 2.38. The fraction of sp³-hybridized carbons (Fsp3) is 0.462. The van der Waals surface area contributed by atoms with Crippen LogP contribution >= 0.6 is 34.8 Å². The lowest BCUT2D eigenvalue weighted by molar-refractivity contribution is -0.130. The molecule has 0 fully saturated rings. The van der Waals surface area contributed by atoms with Gasteiger partial charge in [-0.1, -0.05) is 23.2 Å². The number of carbonyl (C=O) groups is 1. The van der Waals surface area contributed by atoms with Gasteiger partial charge < -0.3 is 9.64 Å². The minimum Gasteiger partial charge on any atom is -0.490 e. The summed E-state index contributed by atoms with van der Waals surface area (Å²) in [6.07, 6.45) is 1.15. The van der Waals surface area contributed by atoms with Crippen LogP contribution in [0.2, 0.25) is 10.0 Å². The lowest BCUT2D eigenvalue weighted by Gasteiger charge is -2.17. The molecule has 0 atom stereocenters. The standard InChI is InChI=1S/C13H16Cl3NO2/c1-17(13(18)3-2-6-14)7-8-19-12-5-4-10(15)9-11(12)16/h4-5,9H,2-3,6-8H2,1H3. The summed E-state index contributed by atoms with van der Waals surface area (Å²) in [6.45, 7) is 0.880. The van der Waals surface area contributed by atoms with E-state index in [1.165, 1.54) is 0 Å². The van der Waals surface area contributed by atoms with E-state index in [4.69, 9.17) is 39.5 Å². The molecule has 106 valence electrons. The van der Waals surface area contributed by atoms with Gasteiger partial charge in [-0.05, 0) is 24.6 Å². The van der Waals surface area contributed by atoms with Gasteiger partial charge in [-0.3, -0.25) is 4.79 Å². The molecule has 0 aliphatic heterocycles. The average molecular weight is 325 g/mol. The summed E-state index contributed by atoms with van der Waals surface area (Å²) < 4.78 is 5.51. The lowest BCUT2D eigenvalue weighted by Crippen LogP contribution is -2.30. The number of amides is 1. The molecule has 1 rings (SSSR count). The predicted molar refractivity (Wildman–Crippen MR) is 79.5 cm³/mol. The molecule has 0 bridgehead atoms. The largest absolute Gasteiger partial charge is 0.490 e. The molecule has 1 aromatic carbocycles. The third-order valence-electron chi connectivity index (χ3n) is 2.53. The second-order valence-electron chi connectivity index (χ2n) is 4.03. The Morgan fingerprint density at radius 1 is 1.37 bits per heavy atom. The first-order chi connectivity index (χ1) is 9.04. The summed E-state index contributed by atoms with van der Waals surface area (Å²) in [5.74, 6) is 1.12. The second-order valence-corrected chi connectivity index (χ2v) is 5.25. The van der Waals surface area contributed by atoms with Crippen LogP contribution < -0.4 is 4.74 Å². The molecular weight excluding hydrogens is 309 g/mol. The Bertz CT molecular complexity index is 426. The van der Waals surface area contributed by atoms with Gasteiger partial charge >= 0.3 is 0 Å². The van der Waals surface area contributed by atoms with E-state index in [1.807, 2.05) is 0 Å². The number of rotatable bonds is 7. The Labute approximate surface area is 128 Å². The van der Waals surface area contributed by atoms with Gasteiger partial charge in [-0.15, -0.1) is 11.6 Å². The van der Waals surface area contributed by atoms with Crippen LogP contribution in [0.1, 0.15) is 12.8 Å². The smallest absolute Gasteiger partial charge is 0.222 e. The number of likely N-dealkylation sites (N-methyl/N-ethyl adjacent to an activating group) is 1. The normalized spacial score (nSPS) is 10.3. The molecule has 0 aromatic heterocycles. The molecule has 0 aliphatic carbocycles. The molecule has 19 heavy (non-hydrogen) atoms. The van der Waals surface area contributed by atoms with E-state index in [-0.39, 0.29) is 5.91 Å². The number of carbonyl (C=O) groups excluding carboxylic acids is 1. The van der Waals surface area contributed by atoms with Gasteiger partial charge in [0.15, 0.2) is 0 Å². The summed E-state index contributed by atoms with van der Waals surface area (Å²) in [5.41, 5.74) is 0. The first-order valence-electron chi connectivity index (χ1n) is 5.92. The summed E-state index contributed by atoms with van der Waals surface area (Å²) in [4.78, 5) is 13.2. The predicted octanol–water partition coefficient (Wildman–Crippen LogP) is 3.85. The molecule has 0 saturated carbocycles. The maximum Gasteiger partial charge on any atom is 0.222 e. The maximum atomic E-state index is 11.6. The fourth-order valence-corrected chi connectivity index (χ4v) is 2.02. The highest BCUT2D eigenvalue weighted by molar-refractivity contribution is 6.35. The first kappa shape index (κ1) is 16.4. The molecule has 6 heteroatoms. The molecule has 0 radical (unpaired) electrons. The van der Waals surface area contributed by atoms with Crippen LogP contribution in [0.5, 0.6) is 5.75 Å². The molecule has 0 unspecified atom stereocenters. The zero-order chi connectivity index (χ0) is 14.3. The SMILES string of the molecule is CN(CCOc1ccc(Cl)cc1Cl)C(=O)CCCCl. The number of nitrogens with zero attached hydrogens (tertiary/aromatic N) is 1. The van der Waals surface area contributed by atoms with Gasteiger partial charge in [-0.25, -0.2) is 0 Å². The van der Waals surface area contributed by atoms with Crippen LogP contribution in [0.15, 0.2) is 18.2 Å². The van der Waals surface area contributed by atoms with Crippen molar-refractivity contribution in [3.8, 4) is 5.75 Å². The van der Waals surface area contributed by atoms with E-state index < -0.39 is 0 Å². The minimum atomic E-state index is 0.0615. The van der Waals surface area contributed by atoms with Crippen LogP contribution in [0.4, 0.5) is 0 Å². The number of hydrogen-bond acceptors (Lipinski definition) is 2. The van der Waals surface area contributed by atoms with Crippen molar-refractivity contribution in [1.82, 2.24) is 4.90 Å². The summed E-state index contributed by atoms with van der Waals surface area (Å²) in [5, 5.41) is 1.02. The Hall–Kier alpha value is -0.640. The highest BCUT2D eigenvalue weighted by atomic mass is 35.5. The molecule has 0 N–H and O–H groups in total. The molecule has 0 spiro atoms. The Balaban J connectivity index is 2.35. The molecule has 0 heterocycles. The molecular formula is C13H16Cl3NO2. The topological polar surface area (TPSA) is 29.5 Å². The highest BCUT2D eigenvalue weighted by Gasteiger charge is 2.08. The van der Waals surface area contributed by atoms with E-state index >= 15 is 0 Å². The van der Waals surface area contributed by atoms with Crippen molar-refractivity contribution in [1.29, 1.82) is 0 Å². The second kappa shape index (κ2) is 8.51. The fourth-order valence-electron chi connectivity index (χ4n) is 1.42. The number of hydrogen-bond donors (Lipinski definition) is 0. The van der Waals surface area contributed by atoms with E-state index in [0.717, 1.165) is 0 Å². The molecule has 1 amide bonds. The van der Waals surface area contributed by atoms with E-state index in [2.05, 4.69) is 0 Å². The zero-order valence-corrected chi connectivity index (χ0v) is 12.9. The summed E-state index contributed by atoms with van der Waals surface area (Å²) in [6, 6.07) is 5.03. The van der Waals surface area contributed by atoms with Crippen molar-refractivity contribution in [2.45, 2.75) is 12.8 Å². The van der Waals surface area contributed by atoms with Crippen molar-refractivity contribution in [2.24, 2.45) is 0 Å². The molecule has 0 aliphatic rings. The van der Waals surface area contributed by atoms with Crippen molar-refractivity contribution in [3.63, 3.8) is 0 Å². The van der Waals surface area contributed by atoms with Crippen LogP contribution in [-0.4, -0.2) is 36.9 Å². The van der Waals surface area contributed by atoms with Crippen LogP contribution in [-0.2, 0) is 4.79 Å². The zero-order valence-electron chi connectivity index (χ0n) is 10.7. The van der Waals surface area contributed by atoms with E-state index in [1.54, 1.807) is 30.1 Å². The minimum absolute atomic E-state index is 0.0615. The van der Waals surface area contributed by atoms with Crippen LogP contribution in [0.25, 0.3) is 0 Å².